The predicted molar refractivity (Wildman–Crippen MR) is 159 cm³/mol. The van der Waals surface area contributed by atoms with Gasteiger partial charge in [-0.1, -0.05) is 24.3 Å². The van der Waals surface area contributed by atoms with Crippen LogP contribution in [0.15, 0.2) is 82.7 Å². The van der Waals surface area contributed by atoms with E-state index in [0.29, 0.717) is 0 Å². The summed E-state index contributed by atoms with van der Waals surface area (Å²) in [5.74, 6) is -2.59. The molecule has 0 spiro atoms. The zero-order valence-corrected chi connectivity index (χ0v) is 24.5. The number of carbonyl (C=O) groups is 4. The highest BCUT2D eigenvalue weighted by molar-refractivity contribution is 7.89. The summed E-state index contributed by atoms with van der Waals surface area (Å²) >= 11 is 0. The molecule has 5 N–H and O–H groups in total. The van der Waals surface area contributed by atoms with Gasteiger partial charge in [-0.2, -0.15) is 4.31 Å². The molecule has 5 rings (SSSR count). The lowest BCUT2D eigenvalue weighted by molar-refractivity contribution is -0.130. The van der Waals surface area contributed by atoms with Gasteiger partial charge in [-0.15, -0.1) is 0 Å². The third-order valence-corrected chi connectivity index (χ3v) is 9.24. The Bertz CT molecular complexity index is 1750. The maximum Gasteiger partial charge on any atom is 0.287 e. The standard InChI is InChI=1S/C30H32N6O7S/c31-21(15-19-17-33-22-8-2-1-7-20(19)22)25(37)16-24(35-30(40)27-10-6-14-43-27)29(39)34-23-9-5-13-36(18-26(23)38)44(41,42)28-11-3-4-12-32-28/h1-4,6-8,10-12,14,17,21,23-24,33H,5,9,13,15-16,18,31H2,(H,34,39)(H,35,40)/t21?,23-,24?/m0/s1. The molecule has 1 saturated heterocycles. The maximum absolute atomic E-state index is 13.5. The predicted octanol–water partition coefficient (Wildman–Crippen LogP) is 1.32. The molecular weight excluding hydrogens is 588 g/mol. The van der Waals surface area contributed by atoms with E-state index in [0.717, 1.165) is 20.8 Å². The summed E-state index contributed by atoms with van der Waals surface area (Å²) in [6.45, 7) is -0.418. The Morgan fingerprint density at radius 3 is 2.66 bits per heavy atom. The van der Waals surface area contributed by atoms with Crippen molar-refractivity contribution in [2.75, 3.05) is 13.1 Å². The molecule has 3 aromatic heterocycles. The van der Waals surface area contributed by atoms with E-state index in [4.69, 9.17) is 10.2 Å². The zero-order valence-electron chi connectivity index (χ0n) is 23.6. The van der Waals surface area contributed by atoms with Gasteiger partial charge in [-0.05, 0) is 55.2 Å². The van der Waals surface area contributed by atoms with Crippen LogP contribution in [0.25, 0.3) is 10.9 Å². The molecule has 1 aromatic carbocycles. The largest absolute Gasteiger partial charge is 0.459 e. The molecule has 1 fully saturated rings. The number of nitrogens with one attached hydrogen (secondary N) is 3. The Morgan fingerprint density at radius 1 is 1.11 bits per heavy atom. The Balaban J connectivity index is 1.28. The first-order valence-electron chi connectivity index (χ1n) is 14.1. The fraction of sp³-hybridized carbons (Fsp3) is 0.300. The lowest BCUT2D eigenvalue weighted by atomic mass is 9.97. The topological polar surface area (TPSA) is 198 Å². The molecule has 0 bridgehead atoms. The Kier molecular flexibility index (Phi) is 9.32. The van der Waals surface area contributed by atoms with Crippen LogP contribution in [0, 0.1) is 0 Å². The number of aromatic amines is 1. The first kappa shape index (κ1) is 30.8. The molecule has 2 amide bonds. The van der Waals surface area contributed by atoms with Crippen molar-refractivity contribution in [1.82, 2.24) is 24.9 Å². The normalized spacial score (nSPS) is 17.5. The Labute approximate surface area is 253 Å². The summed E-state index contributed by atoms with van der Waals surface area (Å²) in [4.78, 5) is 59.7. The first-order chi connectivity index (χ1) is 21.1. The fourth-order valence-corrected chi connectivity index (χ4v) is 6.48. The molecule has 14 heteroatoms. The van der Waals surface area contributed by atoms with Crippen LogP contribution in [0.5, 0.6) is 0 Å². The van der Waals surface area contributed by atoms with Gasteiger partial charge >= 0.3 is 0 Å². The van der Waals surface area contributed by atoms with E-state index >= 15 is 0 Å². The minimum Gasteiger partial charge on any atom is -0.459 e. The van der Waals surface area contributed by atoms with Gasteiger partial charge in [-0.25, -0.2) is 13.4 Å². The lowest BCUT2D eigenvalue weighted by Crippen LogP contribution is -2.53. The highest BCUT2D eigenvalue weighted by Gasteiger charge is 2.35. The van der Waals surface area contributed by atoms with Gasteiger partial charge < -0.3 is 25.8 Å². The van der Waals surface area contributed by atoms with Crippen LogP contribution in [0.2, 0.25) is 0 Å². The highest BCUT2D eigenvalue weighted by atomic mass is 32.2. The van der Waals surface area contributed by atoms with E-state index in [1.165, 1.54) is 36.7 Å². The number of pyridine rings is 1. The number of hydrogen-bond acceptors (Lipinski definition) is 9. The van der Waals surface area contributed by atoms with Crippen LogP contribution in [-0.2, 0) is 30.8 Å². The number of rotatable bonds is 11. The molecule has 1 aliphatic heterocycles. The van der Waals surface area contributed by atoms with Crippen LogP contribution in [0.3, 0.4) is 0 Å². The van der Waals surface area contributed by atoms with Gasteiger partial charge in [-0.3, -0.25) is 19.2 Å². The maximum atomic E-state index is 13.5. The van der Waals surface area contributed by atoms with E-state index < -0.39 is 64.5 Å². The molecule has 3 atom stereocenters. The van der Waals surface area contributed by atoms with Crippen molar-refractivity contribution in [1.29, 1.82) is 0 Å². The second-order valence-corrected chi connectivity index (χ2v) is 12.4. The Morgan fingerprint density at radius 2 is 1.91 bits per heavy atom. The van der Waals surface area contributed by atoms with Crippen LogP contribution in [0.1, 0.15) is 35.4 Å². The van der Waals surface area contributed by atoms with Crippen molar-refractivity contribution < 1.29 is 32.0 Å². The minimum absolute atomic E-state index is 0.0524. The van der Waals surface area contributed by atoms with E-state index in [9.17, 15) is 27.6 Å². The number of sulfonamides is 1. The lowest BCUT2D eigenvalue weighted by Gasteiger charge is -2.23. The number of aromatic nitrogens is 2. The zero-order chi connectivity index (χ0) is 31.3. The molecular formula is C30H32N6O7S. The van der Waals surface area contributed by atoms with Crippen molar-refractivity contribution in [3.8, 4) is 0 Å². The number of amides is 2. The molecule has 2 unspecified atom stereocenters. The van der Waals surface area contributed by atoms with Crippen molar-refractivity contribution in [3.63, 3.8) is 0 Å². The molecule has 4 heterocycles. The molecule has 4 aromatic rings. The number of nitrogens with two attached hydrogens (primary N) is 1. The fourth-order valence-electron chi connectivity index (χ4n) is 5.11. The van der Waals surface area contributed by atoms with Crippen LogP contribution in [0.4, 0.5) is 0 Å². The quantitative estimate of drug-likeness (QED) is 0.191. The van der Waals surface area contributed by atoms with Crippen molar-refractivity contribution in [2.24, 2.45) is 5.73 Å². The van der Waals surface area contributed by atoms with Crippen LogP contribution >= 0.6 is 0 Å². The van der Waals surface area contributed by atoms with E-state index in [1.54, 1.807) is 12.3 Å². The van der Waals surface area contributed by atoms with Crippen LogP contribution in [-0.4, -0.2) is 77.3 Å². The number of fused-ring (bicyclic) bond motifs is 1. The monoisotopic (exact) mass is 620 g/mol. The molecule has 0 radical (unpaired) electrons. The number of carbonyl (C=O) groups excluding carboxylic acids is 4. The number of hydrogen-bond donors (Lipinski definition) is 4. The molecule has 13 nitrogen and oxygen atoms in total. The average Bonchev–Trinajstić information content (AvgIpc) is 3.67. The highest BCUT2D eigenvalue weighted by Crippen LogP contribution is 2.20. The summed E-state index contributed by atoms with van der Waals surface area (Å²) in [6, 6.07) is 11.5. The summed E-state index contributed by atoms with van der Waals surface area (Å²) in [6.07, 6.45) is 4.61. The van der Waals surface area contributed by atoms with Gasteiger partial charge in [0.2, 0.25) is 5.91 Å². The summed E-state index contributed by atoms with van der Waals surface area (Å²) in [5, 5.41) is 5.87. The molecule has 0 saturated carbocycles. The van der Waals surface area contributed by atoms with Gasteiger partial charge in [0, 0.05) is 36.3 Å². The number of nitrogens with zero attached hydrogens (tertiary/aromatic N) is 2. The number of Topliss-reactive ketones (excluding diaryl/α,β-unsaturated/α-hetero) is 2. The van der Waals surface area contributed by atoms with E-state index in [2.05, 4.69) is 20.6 Å². The van der Waals surface area contributed by atoms with Crippen molar-refractivity contribution in [2.45, 2.75) is 48.8 Å². The van der Waals surface area contributed by atoms with Gasteiger partial charge in [0.25, 0.3) is 15.9 Å². The second kappa shape index (κ2) is 13.3. The van der Waals surface area contributed by atoms with Gasteiger partial charge in [0.15, 0.2) is 22.4 Å². The third-order valence-electron chi connectivity index (χ3n) is 7.48. The summed E-state index contributed by atoms with van der Waals surface area (Å²) in [7, 11) is -4.03. The minimum atomic E-state index is -4.03. The number of benzene rings is 1. The number of para-hydroxylation sites is 1. The van der Waals surface area contributed by atoms with Gasteiger partial charge in [0.05, 0.1) is 24.9 Å². The van der Waals surface area contributed by atoms with Gasteiger partial charge in [0.1, 0.15) is 6.04 Å². The van der Waals surface area contributed by atoms with Crippen molar-refractivity contribution in [3.05, 3.63) is 84.6 Å². The second-order valence-electron chi connectivity index (χ2n) is 10.5. The molecule has 230 valence electrons. The number of H-pyrrole nitrogens is 1. The molecule has 1 aliphatic rings. The molecule has 0 aliphatic carbocycles. The average molecular weight is 621 g/mol. The summed E-state index contributed by atoms with van der Waals surface area (Å²) in [5.41, 5.74) is 7.98. The van der Waals surface area contributed by atoms with Crippen LogP contribution < -0.4 is 16.4 Å². The SMILES string of the molecule is NC(Cc1c[nH]c2ccccc12)C(=O)CC(NC(=O)c1ccco1)C(=O)N[C@H]1CCCN(S(=O)(=O)c2ccccn2)CC1=O. The number of furan rings is 1. The van der Waals surface area contributed by atoms with E-state index in [-0.39, 0.29) is 36.6 Å². The smallest absolute Gasteiger partial charge is 0.287 e. The van der Waals surface area contributed by atoms with Crippen molar-refractivity contribution >= 4 is 44.3 Å². The number of ketones is 2. The summed E-state index contributed by atoms with van der Waals surface area (Å²) < 4.78 is 32.2. The Hall–Kier alpha value is -4.66. The van der Waals surface area contributed by atoms with E-state index in [1.807, 2.05) is 24.3 Å². The first-order valence-corrected chi connectivity index (χ1v) is 15.5. The molecule has 44 heavy (non-hydrogen) atoms. The third kappa shape index (κ3) is 6.93.